The van der Waals surface area contributed by atoms with Crippen LogP contribution in [-0.2, 0) is 4.79 Å². The molecule has 0 aliphatic carbocycles. The lowest BCUT2D eigenvalue weighted by Crippen LogP contribution is -2.24. The lowest BCUT2D eigenvalue weighted by Gasteiger charge is -2.10. The van der Waals surface area contributed by atoms with E-state index in [4.69, 9.17) is 4.74 Å². The van der Waals surface area contributed by atoms with Crippen LogP contribution in [-0.4, -0.2) is 18.7 Å². The maximum absolute atomic E-state index is 11.8. The predicted molar refractivity (Wildman–Crippen MR) is 104 cm³/mol. The number of hydrogen-bond acceptors (Lipinski definition) is 3. The highest BCUT2D eigenvalue weighted by Crippen LogP contribution is 2.28. The van der Waals surface area contributed by atoms with Crippen LogP contribution in [0.3, 0.4) is 0 Å². The quantitative estimate of drug-likeness (QED) is 0.501. The molecule has 2 aromatic carbocycles. The van der Waals surface area contributed by atoms with Gasteiger partial charge < -0.3 is 4.74 Å². The third-order valence-corrected chi connectivity index (χ3v) is 4.40. The van der Waals surface area contributed by atoms with Crippen molar-refractivity contribution in [1.82, 2.24) is 5.43 Å². The summed E-state index contributed by atoms with van der Waals surface area (Å²) < 4.78 is 7.34. The molecule has 0 heterocycles. The minimum Gasteiger partial charge on any atom is -0.483 e. The summed E-state index contributed by atoms with van der Waals surface area (Å²) in [5.74, 6) is 0.751. The van der Waals surface area contributed by atoms with Crippen LogP contribution in [0.4, 0.5) is 0 Å². The Bertz CT molecular complexity index is 728. The number of ether oxygens (including phenoxy) is 1. The maximum Gasteiger partial charge on any atom is 0.277 e. The molecule has 0 aliphatic heterocycles. The van der Waals surface area contributed by atoms with E-state index in [1.165, 1.54) is 5.56 Å². The van der Waals surface area contributed by atoms with Crippen LogP contribution >= 0.6 is 31.9 Å². The number of carbonyl (C=O) groups is 1. The second-order valence-corrected chi connectivity index (χ2v) is 7.25. The molecule has 1 amide bonds. The van der Waals surface area contributed by atoms with Crippen LogP contribution in [0.5, 0.6) is 5.75 Å². The Morgan fingerprint density at radius 1 is 1.21 bits per heavy atom. The van der Waals surface area contributed by atoms with Crippen molar-refractivity contribution in [2.75, 3.05) is 6.61 Å². The van der Waals surface area contributed by atoms with Crippen LogP contribution in [0.2, 0.25) is 0 Å². The molecular formula is C18H18Br2N2O2. The monoisotopic (exact) mass is 452 g/mol. The van der Waals surface area contributed by atoms with Gasteiger partial charge in [-0.2, -0.15) is 5.10 Å². The highest BCUT2D eigenvalue weighted by Gasteiger charge is 2.07. The molecule has 6 heteroatoms. The second-order valence-electron chi connectivity index (χ2n) is 5.48. The van der Waals surface area contributed by atoms with Gasteiger partial charge in [-0.3, -0.25) is 4.79 Å². The van der Waals surface area contributed by atoms with E-state index in [0.29, 0.717) is 11.7 Å². The zero-order valence-electron chi connectivity index (χ0n) is 13.4. The average molecular weight is 454 g/mol. The number of hydrazone groups is 1. The number of nitrogens with zero attached hydrogens (tertiary/aromatic N) is 1. The molecule has 2 aromatic rings. The van der Waals surface area contributed by atoms with Crippen molar-refractivity contribution >= 4 is 44.0 Å². The van der Waals surface area contributed by atoms with Crippen molar-refractivity contribution in [1.29, 1.82) is 0 Å². The molecule has 0 atom stereocenters. The molecule has 4 nitrogen and oxygen atoms in total. The standard InChI is InChI=1S/C18H18Br2N2O2/c1-12(2)14-5-8-17(16(20)9-14)24-11-18(23)22-21-10-13-3-6-15(19)7-4-13/h3-10,12H,11H2,1-2H3,(H,22,23)/b21-10+. The summed E-state index contributed by atoms with van der Waals surface area (Å²) in [6.07, 6.45) is 1.58. The van der Waals surface area contributed by atoms with E-state index >= 15 is 0 Å². The van der Waals surface area contributed by atoms with Crippen molar-refractivity contribution in [2.45, 2.75) is 19.8 Å². The maximum atomic E-state index is 11.8. The summed E-state index contributed by atoms with van der Waals surface area (Å²) in [5.41, 5.74) is 4.54. The number of nitrogens with one attached hydrogen (secondary N) is 1. The molecule has 0 bridgehead atoms. The molecule has 126 valence electrons. The number of benzene rings is 2. The van der Waals surface area contributed by atoms with Gasteiger partial charge in [0.1, 0.15) is 5.75 Å². The van der Waals surface area contributed by atoms with Gasteiger partial charge in [0.25, 0.3) is 5.91 Å². The molecule has 0 spiro atoms. The number of rotatable bonds is 6. The smallest absolute Gasteiger partial charge is 0.277 e. The Morgan fingerprint density at radius 2 is 1.92 bits per heavy atom. The first-order chi connectivity index (χ1) is 11.5. The normalized spacial score (nSPS) is 11.0. The van der Waals surface area contributed by atoms with E-state index < -0.39 is 0 Å². The average Bonchev–Trinajstić information content (AvgIpc) is 2.55. The Balaban J connectivity index is 1.84. The van der Waals surface area contributed by atoms with Gasteiger partial charge in [-0.05, 0) is 57.2 Å². The second kappa shape index (κ2) is 8.99. The van der Waals surface area contributed by atoms with Crippen molar-refractivity contribution < 1.29 is 9.53 Å². The van der Waals surface area contributed by atoms with E-state index in [2.05, 4.69) is 56.2 Å². The fourth-order valence-corrected chi connectivity index (χ4v) is 2.67. The molecule has 0 saturated heterocycles. The summed E-state index contributed by atoms with van der Waals surface area (Å²) in [4.78, 5) is 11.8. The zero-order chi connectivity index (χ0) is 17.5. The Hall–Kier alpha value is -1.66. The Labute approximate surface area is 158 Å². The van der Waals surface area contributed by atoms with E-state index in [-0.39, 0.29) is 12.5 Å². The van der Waals surface area contributed by atoms with Crippen LogP contribution < -0.4 is 10.2 Å². The number of hydrogen-bond donors (Lipinski definition) is 1. The predicted octanol–water partition coefficient (Wildman–Crippen LogP) is 4.86. The van der Waals surface area contributed by atoms with Crippen molar-refractivity contribution in [2.24, 2.45) is 5.10 Å². The Kier molecular flexibility index (Phi) is 6.99. The Morgan fingerprint density at radius 3 is 2.54 bits per heavy atom. The van der Waals surface area contributed by atoms with Gasteiger partial charge in [0, 0.05) is 4.47 Å². The summed E-state index contributed by atoms with van der Waals surface area (Å²) >= 11 is 6.83. The van der Waals surface area contributed by atoms with Gasteiger partial charge in [0.05, 0.1) is 10.7 Å². The highest BCUT2D eigenvalue weighted by molar-refractivity contribution is 9.10. The van der Waals surface area contributed by atoms with E-state index in [9.17, 15) is 4.79 Å². The fourth-order valence-electron chi connectivity index (χ4n) is 1.90. The minimum atomic E-state index is -0.316. The van der Waals surface area contributed by atoms with Gasteiger partial charge in [-0.15, -0.1) is 0 Å². The van der Waals surface area contributed by atoms with Gasteiger partial charge in [-0.1, -0.05) is 48.0 Å². The molecule has 0 fully saturated rings. The first-order valence-corrected chi connectivity index (χ1v) is 9.04. The van der Waals surface area contributed by atoms with Gasteiger partial charge in [0.15, 0.2) is 6.61 Å². The molecule has 2 rings (SSSR count). The molecule has 24 heavy (non-hydrogen) atoms. The molecule has 0 aliphatic rings. The summed E-state index contributed by atoms with van der Waals surface area (Å²) in [7, 11) is 0. The molecule has 0 unspecified atom stereocenters. The summed E-state index contributed by atoms with van der Waals surface area (Å²) in [5, 5.41) is 3.91. The zero-order valence-corrected chi connectivity index (χ0v) is 16.6. The summed E-state index contributed by atoms with van der Waals surface area (Å²) in [6.45, 7) is 4.15. The van der Waals surface area contributed by atoms with Crippen LogP contribution in [0.25, 0.3) is 0 Å². The first-order valence-electron chi connectivity index (χ1n) is 7.45. The van der Waals surface area contributed by atoms with E-state index in [1.54, 1.807) is 6.21 Å². The number of amides is 1. The SMILES string of the molecule is CC(C)c1ccc(OCC(=O)N/N=C/c2ccc(Br)cc2)c(Br)c1. The van der Waals surface area contributed by atoms with Crippen LogP contribution in [0.15, 0.2) is 56.5 Å². The lowest BCUT2D eigenvalue weighted by atomic mass is 10.0. The van der Waals surface area contributed by atoms with Gasteiger partial charge >= 0.3 is 0 Å². The lowest BCUT2D eigenvalue weighted by molar-refractivity contribution is -0.123. The van der Waals surface area contributed by atoms with Gasteiger partial charge in [-0.25, -0.2) is 5.43 Å². The topological polar surface area (TPSA) is 50.7 Å². The molecular weight excluding hydrogens is 436 g/mol. The van der Waals surface area contributed by atoms with E-state index in [1.807, 2.05) is 42.5 Å². The highest BCUT2D eigenvalue weighted by atomic mass is 79.9. The number of carbonyl (C=O) groups excluding carboxylic acids is 1. The largest absolute Gasteiger partial charge is 0.483 e. The molecule has 1 N–H and O–H groups in total. The molecule has 0 radical (unpaired) electrons. The van der Waals surface area contributed by atoms with Gasteiger partial charge in [0.2, 0.25) is 0 Å². The first kappa shape index (κ1) is 18.7. The third-order valence-electron chi connectivity index (χ3n) is 3.25. The van der Waals surface area contributed by atoms with Crippen LogP contribution in [0.1, 0.15) is 30.9 Å². The van der Waals surface area contributed by atoms with E-state index in [0.717, 1.165) is 14.5 Å². The van der Waals surface area contributed by atoms with Crippen molar-refractivity contribution in [3.63, 3.8) is 0 Å². The molecule has 0 aromatic heterocycles. The van der Waals surface area contributed by atoms with Crippen LogP contribution in [0, 0.1) is 0 Å². The molecule has 0 saturated carbocycles. The van der Waals surface area contributed by atoms with Crippen molar-refractivity contribution in [3.8, 4) is 5.75 Å². The summed E-state index contributed by atoms with van der Waals surface area (Å²) in [6, 6.07) is 13.5. The minimum absolute atomic E-state index is 0.0999. The third kappa shape index (κ3) is 5.76. The number of halogens is 2. The fraction of sp³-hybridized carbons (Fsp3) is 0.222. The van der Waals surface area contributed by atoms with Crippen molar-refractivity contribution in [3.05, 3.63) is 62.5 Å².